The average molecular weight is 597 g/mol. The number of ether oxygens (including phenoxy) is 1. The fraction of sp³-hybridized carbons (Fsp3) is 0.640. The van der Waals surface area contributed by atoms with Gasteiger partial charge in [0, 0.05) is 49.3 Å². The lowest BCUT2D eigenvalue weighted by molar-refractivity contribution is -0.169. The first-order chi connectivity index (χ1) is 18.4. The molecule has 0 radical (unpaired) electrons. The van der Waals surface area contributed by atoms with Crippen molar-refractivity contribution in [3.05, 3.63) is 29.2 Å². The highest BCUT2D eigenvalue weighted by Crippen LogP contribution is 2.36. The van der Waals surface area contributed by atoms with Crippen LogP contribution in [0.25, 0.3) is 11.3 Å². The Morgan fingerprint density at radius 1 is 1.30 bits per heavy atom. The smallest absolute Gasteiger partial charge is 0.391 e. The number of halogens is 5. The summed E-state index contributed by atoms with van der Waals surface area (Å²) in [5.41, 5.74) is -0.924. The fourth-order valence-corrected chi connectivity index (χ4v) is 5.88. The number of hydrogen-bond acceptors (Lipinski definition) is 7. The summed E-state index contributed by atoms with van der Waals surface area (Å²) in [5, 5.41) is 17.2. The van der Waals surface area contributed by atoms with Crippen molar-refractivity contribution in [1.29, 1.82) is 0 Å². The van der Waals surface area contributed by atoms with E-state index in [4.69, 9.17) is 0 Å². The summed E-state index contributed by atoms with van der Waals surface area (Å²) in [4.78, 5) is 17.1. The third-order valence-corrected chi connectivity index (χ3v) is 8.90. The van der Waals surface area contributed by atoms with E-state index in [-0.39, 0.29) is 67.0 Å². The Balaban J connectivity index is 1.86. The molecule has 3 rings (SSSR count). The molecule has 0 aliphatic heterocycles. The Bertz CT molecular complexity index is 1320. The predicted octanol–water partition coefficient (Wildman–Crippen LogP) is 4.06. The Kier molecular flexibility index (Phi) is 9.49. The van der Waals surface area contributed by atoms with Crippen molar-refractivity contribution in [2.75, 3.05) is 12.8 Å². The van der Waals surface area contributed by atoms with Crippen LogP contribution < -0.4 is 10.1 Å². The minimum absolute atomic E-state index is 0.0207. The topological polar surface area (TPSA) is 123 Å². The van der Waals surface area contributed by atoms with E-state index in [0.717, 1.165) is 25.4 Å². The maximum atomic E-state index is 13.3. The number of amides is 1. The number of hydrogen-bond donors (Lipinski definition) is 2. The number of nitrogens with zero attached hydrogens (tertiary/aromatic N) is 3. The fourth-order valence-electron chi connectivity index (χ4n) is 4.79. The zero-order valence-corrected chi connectivity index (χ0v) is 23.4. The second-order valence-corrected chi connectivity index (χ2v) is 12.6. The lowest BCUT2D eigenvalue weighted by atomic mass is 9.84. The van der Waals surface area contributed by atoms with Gasteiger partial charge < -0.3 is 15.2 Å². The van der Waals surface area contributed by atoms with E-state index < -0.39 is 57.5 Å². The van der Waals surface area contributed by atoms with Crippen molar-refractivity contribution in [1.82, 2.24) is 20.1 Å². The van der Waals surface area contributed by atoms with Crippen molar-refractivity contribution in [2.45, 2.75) is 83.1 Å². The summed E-state index contributed by atoms with van der Waals surface area (Å²) in [6.45, 7) is 0.972. The average Bonchev–Trinajstić information content (AvgIpc) is 3.17. The highest BCUT2D eigenvalue weighted by Gasteiger charge is 2.38. The molecule has 2 aromatic heterocycles. The standard InChI is InChI=1S/C25H33F5N4O5S/c1-5-34-21(18-12-31-16(10-14(2)25(28,29)30)11-19(18)39-23(26)27)15(3)20(33-34)22(35)32-13-24(36)8-6-17(7-9-24)40(4,37)38/h11-12,14,17,23,36H,5-10,13H2,1-4H3,(H,32,35)/t14-,17?,24?/m1/s1. The van der Waals surface area contributed by atoms with Crippen LogP contribution in [0.1, 0.15) is 61.3 Å². The van der Waals surface area contributed by atoms with Gasteiger partial charge in [-0.05, 0) is 39.5 Å². The number of sulfone groups is 1. The summed E-state index contributed by atoms with van der Waals surface area (Å²) >= 11 is 0. The maximum absolute atomic E-state index is 13.3. The first-order valence-electron chi connectivity index (χ1n) is 12.7. The van der Waals surface area contributed by atoms with E-state index in [9.17, 15) is 40.3 Å². The van der Waals surface area contributed by atoms with Crippen LogP contribution in [0, 0.1) is 12.8 Å². The molecule has 2 aromatic rings. The number of carbonyl (C=O) groups is 1. The van der Waals surface area contributed by atoms with E-state index in [1.165, 1.54) is 11.6 Å². The van der Waals surface area contributed by atoms with E-state index in [1.807, 2.05) is 0 Å². The van der Waals surface area contributed by atoms with Crippen molar-refractivity contribution in [3.8, 4) is 17.0 Å². The lowest BCUT2D eigenvalue weighted by Crippen LogP contribution is -2.47. The SMILES string of the molecule is CCn1nc(C(=O)NCC2(O)CCC(S(C)(=O)=O)CC2)c(C)c1-c1cnc(C[C@@H](C)C(F)(F)F)cc1OC(F)F. The molecule has 1 aliphatic rings. The highest BCUT2D eigenvalue weighted by atomic mass is 32.2. The summed E-state index contributed by atoms with van der Waals surface area (Å²) in [5.74, 6) is -2.82. The zero-order valence-electron chi connectivity index (χ0n) is 22.6. The molecule has 1 fully saturated rings. The van der Waals surface area contributed by atoms with Gasteiger partial charge in [0.2, 0.25) is 0 Å². The van der Waals surface area contributed by atoms with E-state index in [0.29, 0.717) is 0 Å². The number of aryl methyl sites for hydroxylation is 1. The summed E-state index contributed by atoms with van der Waals surface area (Å²) in [7, 11) is -3.24. The molecule has 0 unspecified atom stereocenters. The third-order valence-electron chi connectivity index (χ3n) is 7.22. The van der Waals surface area contributed by atoms with Gasteiger partial charge in [0.15, 0.2) is 5.69 Å². The summed E-state index contributed by atoms with van der Waals surface area (Å²) in [6.07, 6.45) is -1.89. The second-order valence-electron chi connectivity index (χ2n) is 10.3. The quantitative estimate of drug-likeness (QED) is 0.397. The van der Waals surface area contributed by atoms with Gasteiger partial charge in [-0.2, -0.15) is 27.1 Å². The highest BCUT2D eigenvalue weighted by molar-refractivity contribution is 7.91. The molecule has 9 nitrogen and oxygen atoms in total. The number of alkyl halides is 5. The third kappa shape index (κ3) is 7.47. The number of aromatic nitrogens is 3. The Hall–Kier alpha value is -2.81. The van der Waals surface area contributed by atoms with Crippen LogP contribution in [0.3, 0.4) is 0 Å². The molecule has 1 aliphatic carbocycles. The molecule has 40 heavy (non-hydrogen) atoms. The van der Waals surface area contributed by atoms with Crippen LogP contribution in [-0.4, -0.2) is 70.6 Å². The van der Waals surface area contributed by atoms with Crippen LogP contribution in [0.2, 0.25) is 0 Å². The molecule has 2 heterocycles. The summed E-state index contributed by atoms with van der Waals surface area (Å²) < 4.78 is 95.1. The Morgan fingerprint density at radius 2 is 1.93 bits per heavy atom. The van der Waals surface area contributed by atoms with Gasteiger partial charge in [-0.25, -0.2) is 8.42 Å². The van der Waals surface area contributed by atoms with Gasteiger partial charge in [-0.15, -0.1) is 0 Å². The number of nitrogens with one attached hydrogen (secondary N) is 1. The molecule has 2 N–H and O–H groups in total. The van der Waals surface area contributed by atoms with Gasteiger partial charge in [0.25, 0.3) is 5.91 Å². The largest absolute Gasteiger partial charge is 0.434 e. The molecule has 0 saturated heterocycles. The molecular weight excluding hydrogens is 563 g/mol. The molecule has 0 spiro atoms. The first kappa shape index (κ1) is 31.7. The van der Waals surface area contributed by atoms with Gasteiger partial charge >= 0.3 is 12.8 Å². The number of rotatable bonds is 10. The first-order valence-corrected chi connectivity index (χ1v) is 14.7. The van der Waals surface area contributed by atoms with Crippen LogP contribution in [0.5, 0.6) is 5.75 Å². The monoisotopic (exact) mass is 596 g/mol. The minimum Gasteiger partial charge on any atom is -0.434 e. The maximum Gasteiger partial charge on any atom is 0.391 e. The molecule has 1 saturated carbocycles. The van der Waals surface area contributed by atoms with Crippen LogP contribution >= 0.6 is 0 Å². The molecular formula is C25H33F5N4O5S. The molecule has 1 amide bonds. The van der Waals surface area contributed by atoms with E-state index in [2.05, 4.69) is 20.1 Å². The van der Waals surface area contributed by atoms with Crippen molar-refractivity contribution in [3.63, 3.8) is 0 Å². The second kappa shape index (κ2) is 12.0. The van der Waals surface area contributed by atoms with Crippen LogP contribution in [-0.2, 0) is 22.8 Å². The van der Waals surface area contributed by atoms with Crippen molar-refractivity contribution >= 4 is 15.7 Å². The zero-order chi connectivity index (χ0) is 30.0. The minimum atomic E-state index is -4.50. The van der Waals surface area contributed by atoms with E-state index in [1.54, 1.807) is 6.92 Å². The molecule has 15 heteroatoms. The Morgan fingerprint density at radius 3 is 2.45 bits per heavy atom. The molecule has 0 aromatic carbocycles. The van der Waals surface area contributed by atoms with Crippen molar-refractivity contribution in [2.24, 2.45) is 5.92 Å². The van der Waals surface area contributed by atoms with Gasteiger partial charge in [-0.1, -0.05) is 6.92 Å². The predicted molar refractivity (Wildman–Crippen MR) is 136 cm³/mol. The van der Waals surface area contributed by atoms with Gasteiger partial charge in [0.1, 0.15) is 15.6 Å². The lowest BCUT2D eigenvalue weighted by Gasteiger charge is -2.35. The van der Waals surface area contributed by atoms with Gasteiger partial charge in [-0.3, -0.25) is 14.5 Å². The molecule has 1 atom stereocenters. The van der Waals surface area contributed by atoms with Gasteiger partial charge in [0.05, 0.1) is 28.0 Å². The van der Waals surface area contributed by atoms with Crippen molar-refractivity contribution < 1.29 is 45.0 Å². The molecule has 0 bridgehead atoms. The van der Waals surface area contributed by atoms with Crippen LogP contribution in [0.4, 0.5) is 22.0 Å². The van der Waals surface area contributed by atoms with Crippen LogP contribution in [0.15, 0.2) is 12.3 Å². The number of aliphatic hydroxyl groups is 1. The summed E-state index contributed by atoms with van der Waals surface area (Å²) in [6, 6.07) is 1.03. The normalized spacial score (nSPS) is 20.9. The molecule has 224 valence electrons. The number of pyridine rings is 1. The number of carbonyl (C=O) groups excluding carboxylic acids is 1. The Labute approximate surface area is 229 Å². The van der Waals surface area contributed by atoms with E-state index >= 15 is 0 Å².